The first-order chi connectivity index (χ1) is 10.8. The maximum absolute atomic E-state index is 12.7. The van der Waals surface area contributed by atoms with E-state index in [-0.39, 0.29) is 22.7 Å². The number of hydrogen-bond donors (Lipinski definition) is 2. The predicted octanol–water partition coefficient (Wildman–Crippen LogP) is 2.49. The monoisotopic (exact) mass is 321 g/mol. The van der Waals surface area contributed by atoms with Gasteiger partial charge in [-0.2, -0.15) is 13.2 Å². The third-order valence-electron chi connectivity index (χ3n) is 4.95. The Morgan fingerprint density at radius 3 is 2.52 bits per heavy atom. The van der Waals surface area contributed by atoms with E-state index in [1.807, 2.05) is 7.05 Å². The van der Waals surface area contributed by atoms with E-state index >= 15 is 0 Å². The van der Waals surface area contributed by atoms with Gasteiger partial charge in [-0.25, -0.2) is 4.98 Å². The Morgan fingerprint density at radius 1 is 1.17 bits per heavy atom. The zero-order valence-electron chi connectivity index (χ0n) is 12.3. The molecule has 1 amide bonds. The number of aromatic nitrogens is 1. The van der Waals surface area contributed by atoms with Crippen molar-refractivity contribution in [1.82, 2.24) is 15.6 Å². The lowest BCUT2D eigenvalue weighted by molar-refractivity contribution is -0.137. The summed E-state index contributed by atoms with van der Waals surface area (Å²) in [5.74, 6) is -0.290. The summed E-state index contributed by atoms with van der Waals surface area (Å²) in [6.45, 7) is 0. The smallest absolute Gasteiger partial charge is 0.343 e. The Bertz CT molecular complexity index is 825. The van der Waals surface area contributed by atoms with Gasteiger partial charge in [0, 0.05) is 10.9 Å². The van der Waals surface area contributed by atoms with Crippen molar-refractivity contribution in [2.75, 3.05) is 7.05 Å². The van der Waals surface area contributed by atoms with Crippen molar-refractivity contribution in [1.29, 1.82) is 0 Å². The number of halogens is 3. The average Bonchev–Trinajstić information content (AvgIpc) is 3.31. The van der Waals surface area contributed by atoms with E-state index in [0.29, 0.717) is 10.9 Å². The molecule has 7 heteroatoms. The highest BCUT2D eigenvalue weighted by Crippen LogP contribution is 2.70. The summed E-state index contributed by atoms with van der Waals surface area (Å²) < 4.78 is 38.1. The van der Waals surface area contributed by atoms with Gasteiger partial charge < -0.3 is 10.6 Å². The number of nitrogens with one attached hydrogen (secondary N) is 2. The Hall–Kier alpha value is -2.15. The molecule has 1 aromatic heterocycles. The van der Waals surface area contributed by atoms with Crippen molar-refractivity contribution in [2.24, 2.45) is 0 Å². The highest BCUT2D eigenvalue weighted by Gasteiger charge is 2.83. The van der Waals surface area contributed by atoms with Gasteiger partial charge in [-0.1, -0.05) is 6.07 Å². The molecule has 0 radical (unpaired) electrons. The SMILES string of the molecule is CNC12CC1(NC(=O)c1ccc3cc(C(F)(F)F)ccc3n1)C2. The van der Waals surface area contributed by atoms with Crippen LogP contribution in [0.3, 0.4) is 0 Å². The molecule has 2 aliphatic rings. The van der Waals surface area contributed by atoms with E-state index in [0.717, 1.165) is 25.0 Å². The topological polar surface area (TPSA) is 54.0 Å². The molecule has 0 unspecified atom stereocenters. The van der Waals surface area contributed by atoms with Gasteiger partial charge in [-0.15, -0.1) is 0 Å². The van der Waals surface area contributed by atoms with Crippen LogP contribution in [-0.2, 0) is 6.18 Å². The standard InChI is InChI=1S/C16H14F3N3O/c1-20-14-7-15(14,8-14)22-13(23)12-4-2-9-6-10(16(17,18)19)3-5-11(9)21-12/h2-6,20H,7-8H2,1H3,(H,22,23). The fraction of sp³-hybridized carbons (Fsp3) is 0.375. The molecule has 2 aliphatic carbocycles. The highest BCUT2D eigenvalue weighted by atomic mass is 19.4. The zero-order chi connectivity index (χ0) is 16.5. The fourth-order valence-corrected chi connectivity index (χ4v) is 3.22. The average molecular weight is 321 g/mol. The van der Waals surface area contributed by atoms with E-state index in [9.17, 15) is 18.0 Å². The number of alkyl halides is 3. The molecule has 23 heavy (non-hydrogen) atoms. The van der Waals surface area contributed by atoms with Crippen LogP contribution < -0.4 is 10.6 Å². The number of fused-ring (bicyclic) bond motifs is 2. The van der Waals surface area contributed by atoms with Crippen molar-refractivity contribution in [3.8, 4) is 0 Å². The van der Waals surface area contributed by atoms with E-state index in [1.165, 1.54) is 18.2 Å². The molecule has 2 N–H and O–H groups in total. The molecule has 2 fully saturated rings. The van der Waals surface area contributed by atoms with Crippen LogP contribution >= 0.6 is 0 Å². The third kappa shape index (κ3) is 2.10. The minimum Gasteiger partial charge on any atom is -0.343 e. The number of likely N-dealkylation sites (N-methyl/N-ethyl adjacent to an activating group) is 1. The molecular formula is C16H14F3N3O. The van der Waals surface area contributed by atoms with Crippen LogP contribution in [0.15, 0.2) is 30.3 Å². The summed E-state index contributed by atoms with van der Waals surface area (Å²) in [6, 6.07) is 6.26. The first kappa shape index (κ1) is 14.4. The molecule has 1 heterocycles. The Kier molecular flexibility index (Phi) is 2.65. The number of hydrogen-bond acceptors (Lipinski definition) is 3. The van der Waals surface area contributed by atoms with Crippen molar-refractivity contribution in [2.45, 2.75) is 30.1 Å². The van der Waals surface area contributed by atoms with Crippen LogP contribution in [0.2, 0.25) is 0 Å². The number of carbonyl (C=O) groups excluding carboxylic acids is 1. The molecule has 0 atom stereocenters. The predicted molar refractivity (Wildman–Crippen MR) is 78.0 cm³/mol. The minimum absolute atomic E-state index is 0.0428. The van der Waals surface area contributed by atoms with E-state index < -0.39 is 11.7 Å². The third-order valence-corrected chi connectivity index (χ3v) is 4.95. The molecule has 1 aromatic carbocycles. The number of pyridine rings is 1. The maximum Gasteiger partial charge on any atom is 0.416 e. The zero-order valence-corrected chi connectivity index (χ0v) is 12.3. The van der Waals surface area contributed by atoms with E-state index in [2.05, 4.69) is 15.6 Å². The van der Waals surface area contributed by atoms with Crippen molar-refractivity contribution in [3.05, 3.63) is 41.6 Å². The summed E-state index contributed by atoms with van der Waals surface area (Å²) >= 11 is 0. The molecule has 0 aliphatic heterocycles. The van der Waals surface area contributed by atoms with Gasteiger partial charge in [0.15, 0.2) is 0 Å². The molecule has 0 bridgehead atoms. The second-order valence-electron chi connectivity index (χ2n) is 6.32. The van der Waals surface area contributed by atoms with Crippen LogP contribution in [0.25, 0.3) is 10.9 Å². The molecule has 4 nitrogen and oxygen atoms in total. The first-order valence-electron chi connectivity index (χ1n) is 7.28. The number of carbonyl (C=O) groups is 1. The number of amides is 1. The lowest BCUT2D eigenvalue weighted by Crippen LogP contribution is -2.32. The van der Waals surface area contributed by atoms with Crippen LogP contribution in [-0.4, -0.2) is 29.0 Å². The summed E-state index contributed by atoms with van der Waals surface area (Å²) in [7, 11) is 1.87. The highest BCUT2D eigenvalue weighted by molar-refractivity contribution is 5.96. The Labute approximate surface area is 130 Å². The van der Waals surface area contributed by atoms with Crippen LogP contribution in [0, 0.1) is 0 Å². The van der Waals surface area contributed by atoms with Gasteiger partial charge in [-0.3, -0.25) is 4.79 Å². The van der Waals surface area contributed by atoms with E-state index in [4.69, 9.17) is 0 Å². The normalized spacial score (nSPS) is 28.3. The van der Waals surface area contributed by atoms with Gasteiger partial charge in [0.25, 0.3) is 5.91 Å². The molecule has 0 spiro atoms. The van der Waals surface area contributed by atoms with Crippen molar-refractivity contribution < 1.29 is 18.0 Å². The molecule has 4 rings (SSSR count). The summed E-state index contributed by atoms with van der Waals surface area (Å²) in [5.41, 5.74) is -0.251. The van der Waals surface area contributed by atoms with Crippen molar-refractivity contribution in [3.63, 3.8) is 0 Å². The van der Waals surface area contributed by atoms with E-state index in [1.54, 1.807) is 0 Å². The van der Waals surface area contributed by atoms with Crippen LogP contribution in [0.5, 0.6) is 0 Å². The molecule has 2 aromatic rings. The summed E-state index contributed by atoms with van der Waals surface area (Å²) in [6.07, 6.45) is -2.58. The quantitative estimate of drug-likeness (QED) is 0.913. The summed E-state index contributed by atoms with van der Waals surface area (Å²) in [4.78, 5) is 16.5. The number of rotatable bonds is 3. The Morgan fingerprint density at radius 2 is 1.91 bits per heavy atom. The van der Waals surface area contributed by atoms with Gasteiger partial charge in [0.2, 0.25) is 0 Å². The number of nitrogens with zero attached hydrogens (tertiary/aromatic N) is 1. The van der Waals surface area contributed by atoms with Crippen molar-refractivity contribution >= 4 is 16.8 Å². The molecule has 0 saturated heterocycles. The molecule has 2 saturated carbocycles. The first-order valence-corrected chi connectivity index (χ1v) is 7.28. The maximum atomic E-state index is 12.7. The van der Waals surface area contributed by atoms with Gasteiger partial charge >= 0.3 is 6.18 Å². The summed E-state index contributed by atoms with van der Waals surface area (Å²) in [5, 5.41) is 6.52. The fourth-order valence-electron chi connectivity index (χ4n) is 3.22. The van der Waals surface area contributed by atoms with Crippen LogP contribution in [0.4, 0.5) is 13.2 Å². The lowest BCUT2D eigenvalue weighted by Gasteiger charge is -2.09. The molecular weight excluding hydrogens is 307 g/mol. The molecule has 120 valence electrons. The largest absolute Gasteiger partial charge is 0.416 e. The van der Waals surface area contributed by atoms with Gasteiger partial charge in [0.1, 0.15) is 5.69 Å². The second kappa shape index (κ2) is 4.23. The van der Waals surface area contributed by atoms with Gasteiger partial charge in [0.05, 0.1) is 16.6 Å². The van der Waals surface area contributed by atoms with Gasteiger partial charge in [-0.05, 0) is 44.2 Å². The minimum atomic E-state index is -4.39. The number of benzene rings is 1. The van der Waals surface area contributed by atoms with Crippen LogP contribution in [0.1, 0.15) is 28.9 Å². The Balaban J connectivity index is 1.58. The lowest BCUT2D eigenvalue weighted by atomic mass is 10.1. The second-order valence-corrected chi connectivity index (χ2v) is 6.32.